The highest BCUT2D eigenvalue weighted by molar-refractivity contribution is 7.80. The molecule has 2 N–H and O–H groups in total. The molecule has 1 aliphatic heterocycles. The summed E-state index contributed by atoms with van der Waals surface area (Å²) >= 11 is 5.95. The highest BCUT2D eigenvalue weighted by Gasteiger charge is 2.42. The van der Waals surface area contributed by atoms with E-state index in [0.717, 1.165) is 28.3 Å². The largest absolute Gasteiger partial charge is 0.495 e. The number of anilines is 2. The van der Waals surface area contributed by atoms with Crippen LogP contribution in [0, 0.1) is 27.7 Å². The van der Waals surface area contributed by atoms with Crippen LogP contribution in [0.5, 0.6) is 5.75 Å². The highest BCUT2D eigenvalue weighted by Crippen LogP contribution is 2.45. The molecule has 1 fully saturated rings. The molecular formula is C31H33N5O2S. The maximum absolute atomic E-state index is 11.9. The molecule has 0 unspecified atom stereocenters. The Labute approximate surface area is 234 Å². The highest BCUT2D eigenvalue weighted by atomic mass is 32.1. The number of amides is 1. The van der Waals surface area contributed by atoms with Gasteiger partial charge in [-0.25, -0.2) is 0 Å². The molecule has 0 saturated carbocycles. The summed E-state index contributed by atoms with van der Waals surface area (Å²) in [5.41, 5.74) is 9.41. The number of benzene rings is 2. The zero-order chi connectivity index (χ0) is 27.8. The summed E-state index contributed by atoms with van der Waals surface area (Å²) in [5.74, 6) is 0.408. The third-order valence-electron chi connectivity index (χ3n) is 7.32. The molecule has 0 spiro atoms. The first-order valence-electron chi connectivity index (χ1n) is 12.9. The van der Waals surface area contributed by atoms with E-state index < -0.39 is 0 Å². The van der Waals surface area contributed by atoms with Crippen molar-refractivity contribution in [1.82, 2.24) is 14.9 Å². The number of nitrogens with zero attached hydrogens (tertiary/aromatic N) is 3. The summed E-state index contributed by atoms with van der Waals surface area (Å²) in [7, 11) is 1.59. The molecule has 200 valence electrons. The number of hydrogen-bond donors (Lipinski definition) is 2. The SMILES string of the molecule is COc1ccc(N2C(=S)N[C@@H](c3ccccn3)[C@H]2c2cc(C)n(-c3c(C)cccc3C)c2C)cc1NC(C)=O. The fourth-order valence-electron chi connectivity index (χ4n) is 5.67. The molecule has 7 nitrogen and oxygen atoms in total. The Morgan fingerprint density at radius 2 is 1.77 bits per heavy atom. The van der Waals surface area contributed by atoms with Crippen LogP contribution < -0.4 is 20.3 Å². The quantitative estimate of drug-likeness (QED) is 0.282. The third kappa shape index (κ3) is 4.76. The Bertz CT molecular complexity index is 1540. The van der Waals surface area contributed by atoms with Crippen molar-refractivity contribution < 1.29 is 9.53 Å². The molecule has 1 aliphatic rings. The average molecular weight is 540 g/mol. The number of hydrogen-bond acceptors (Lipinski definition) is 4. The minimum absolute atomic E-state index is 0.173. The molecule has 0 aliphatic carbocycles. The molecule has 39 heavy (non-hydrogen) atoms. The average Bonchev–Trinajstić information content (AvgIpc) is 3.39. The molecule has 5 rings (SSSR count). The number of pyridine rings is 1. The number of thiocarbonyl (C=S) groups is 1. The smallest absolute Gasteiger partial charge is 0.221 e. The minimum atomic E-state index is -0.185. The van der Waals surface area contributed by atoms with Crippen LogP contribution in [0.4, 0.5) is 11.4 Å². The predicted molar refractivity (Wildman–Crippen MR) is 160 cm³/mol. The standard InChI is InChI=1S/C31H33N5O2S/c1-18-10-9-11-19(2)29(18)35-20(3)16-24(21(35)4)30-28(25-12-7-8-15-32-25)34-31(39)36(30)23-13-14-27(38-6)26(17-23)33-22(5)37/h7-17,28,30H,1-6H3,(H,33,37)(H,34,39)/t28-,30+/m0/s1. The molecule has 1 amide bonds. The first kappa shape index (κ1) is 26.4. The fraction of sp³-hybridized carbons (Fsp3) is 0.258. The van der Waals surface area contributed by atoms with Gasteiger partial charge in [-0.3, -0.25) is 9.78 Å². The lowest BCUT2D eigenvalue weighted by atomic mass is 9.96. The van der Waals surface area contributed by atoms with Gasteiger partial charge in [0.1, 0.15) is 5.75 Å². The number of aryl methyl sites for hydroxylation is 3. The first-order valence-corrected chi connectivity index (χ1v) is 13.3. The number of carbonyl (C=O) groups excluding carboxylic acids is 1. The van der Waals surface area contributed by atoms with Gasteiger partial charge in [0.05, 0.1) is 36.3 Å². The third-order valence-corrected chi connectivity index (χ3v) is 7.64. The van der Waals surface area contributed by atoms with Crippen molar-refractivity contribution in [3.05, 3.63) is 101 Å². The van der Waals surface area contributed by atoms with Crippen molar-refractivity contribution in [3.8, 4) is 11.4 Å². The van der Waals surface area contributed by atoms with Gasteiger partial charge in [0.2, 0.25) is 5.91 Å². The summed E-state index contributed by atoms with van der Waals surface area (Å²) in [4.78, 5) is 18.8. The number of nitrogens with one attached hydrogen (secondary N) is 2. The van der Waals surface area contributed by atoms with Crippen LogP contribution >= 0.6 is 12.2 Å². The summed E-state index contributed by atoms with van der Waals surface area (Å²) < 4.78 is 7.85. The van der Waals surface area contributed by atoms with Gasteiger partial charge < -0.3 is 24.8 Å². The summed E-state index contributed by atoms with van der Waals surface area (Å²) in [6.07, 6.45) is 1.81. The topological polar surface area (TPSA) is 71.4 Å². The van der Waals surface area contributed by atoms with Gasteiger partial charge in [-0.2, -0.15) is 0 Å². The maximum Gasteiger partial charge on any atom is 0.221 e. The lowest BCUT2D eigenvalue weighted by molar-refractivity contribution is -0.114. The number of rotatable bonds is 6. The van der Waals surface area contributed by atoms with E-state index in [1.807, 2.05) is 42.6 Å². The normalized spacial score (nSPS) is 16.8. The maximum atomic E-state index is 11.9. The number of carbonyl (C=O) groups is 1. The molecule has 2 aromatic carbocycles. The van der Waals surface area contributed by atoms with E-state index in [-0.39, 0.29) is 18.0 Å². The minimum Gasteiger partial charge on any atom is -0.495 e. The number of para-hydroxylation sites is 1. The van der Waals surface area contributed by atoms with E-state index in [0.29, 0.717) is 16.5 Å². The molecule has 3 heterocycles. The van der Waals surface area contributed by atoms with E-state index in [1.165, 1.54) is 23.7 Å². The van der Waals surface area contributed by atoms with Crippen LogP contribution in [-0.2, 0) is 4.79 Å². The first-order chi connectivity index (χ1) is 18.7. The van der Waals surface area contributed by atoms with Gasteiger partial charge in [-0.05, 0) is 93.0 Å². The Kier molecular flexibility index (Phi) is 7.14. The van der Waals surface area contributed by atoms with Gasteiger partial charge in [0, 0.05) is 30.2 Å². The molecule has 2 atom stereocenters. The van der Waals surface area contributed by atoms with Gasteiger partial charge in [-0.15, -0.1) is 0 Å². The fourth-order valence-corrected chi connectivity index (χ4v) is 6.02. The zero-order valence-electron chi connectivity index (χ0n) is 23.1. The van der Waals surface area contributed by atoms with Crippen LogP contribution in [0.25, 0.3) is 5.69 Å². The van der Waals surface area contributed by atoms with Crippen LogP contribution in [-0.4, -0.2) is 27.7 Å². The van der Waals surface area contributed by atoms with Crippen molar-refractivity contribution in [2.45, 2.75) is 46.7 Å². The molecule has 1 saturated heterocycles. The molecule has 4 aromatic rings. The zero-order valence-corrected chi connectivity index (χ0v) is 23.9. The lowest BCUT2D eigenvalue weighted by Crippen LogP contribution is -2.29. The molecule has 8 heteroatoms. The van der Waals surface area contributed by atoms with E-state index in [1.54, 1.807) is 7.11 Å². The Morgan fingerprint density at radius 3 is 2.41 bits per heavy atom. The monoisotopic (exact) mass is 539 g/mol. The molecular weight excluding hydrogens is 506 g/mol. The number of ether oxygens (including phenoxy) is 1. The molecule has 2 aromatic heterocycles. The second-order valence-corrected chi connectivity index (χ2v) is 10.4. The number of aromatic nitrogens is 2. The van der Waals surface area contributed by atoms with Crippen LogP contribution in [0.3, 0.4) is 0 Å². The lowest BCUT2D eigenvalue weighted by Gasteiger charge is -2.29. The van der Waals surface area contributed by atoms with Gasteiger partial charge in [0.25, 0.3) is 0 Å². The number of methoxy groups -OCH3 is 1. The van der Waals surface area contributed by atoms with Crippen LogP contribution in [0.15, 0.2) is 66.9 Å². The van der Waals surface area contributed by atoms with E-state index >= 15 is 0 Å². The molecule has 0 bridgehead atoms. The van der Waals surface area contributed by atoms with Gasteiger partial charge in [0.15, 0.2) is 5.11 Å². The summed E-state index contributed by atoms with van der Waals surface area (Å²) in [6, 6.07) is 20.0. The van der Waals surface area contributed by atoms with Crippen LogP contribution in [0.2, 0.25) is 0 Å². The summed E-state index contributed by atoms with van der Waals surface area (Å²) in [5, 5.41) is 7.02. The Balaban J connectivity index is 1.70. The second kappa shape index (κ2) is 10.5. The Hall–Kier alpha value is -4.17. The van der Waals surface area contributed by atoms with E-state index in [9.17, 15) is 4.79 Å². The van der Waals surface area contributed by atoms with Gasteiger partial charge in [-0.1, -0.05) is 24.3 Å². The van der Waals surface area contributed by atoms with Crippen molar-refractivity contribution in [3.63, 3.8) is 0 Å². The van der Waals surface area contributed by atoms with Crippen LogP contribution in [0.1, 0.15) is 52.8 Å². The van der Waals surface area contributed by atoms with E-state index in [2.05, 4.69) is 72.1 Å². The summed E-state index contributed by atoms with van der Waals surface area (Å²) in [6.45, 7) is 10.1. The van der Waals surface area contributed by atoms with Crippen molar-refractivity contribution in [2.75, 3.05) is 17.3 Å². The Morgan fingerprint density at radius 1 is 1.03 bits per heavy atom. The molecule has 0 radical (unpaired) electrons. The van der Waals surface area contributed by atoms with Gasteiger partial charge >= 0.3 is 0 Å². The second-order valence-electron chi connectivity index (χ2n) is 9.96. The van der Waals surface area contributed by atoms with Crippen molar-refractivity contribution in [1.29, 1.82) is 0 Å². The van der Waals surface area contributed by atoms with E-state index in [4.69, 9.17) is 21.9 Å². The van der Waals surface area contributed by atoms with Crippen molar-refractivity contribution in [2.24, 2.45) is 0 Å². The van der Waals surface area contributed by atoms with Crippen molar-refractivity contribution >= 4 is 34.6 Å². The predicted octanol–water partition coefficient (Wildman–Crippen LogP) is 6.25.